The fourth-order valence-electron chi connectivity index (χ4n) is 2.52. The fourth-order valence-corrected chi connectivity index (χ4v) is 2.52. The van der Waals surface area contributed by atoms with Gasteiger partial charge in [0.25, 0.3) is 0 Å². The molecule has 1 aliphatic heterocycles. The van der Waals surface area contributed by atoms with Gasteiger partial charge in [-0.2, -0.15) is 0 Å². The molecule has 0 aliphatic carbocycles. The van der Waals surface area contributed by atoms with Crippen LogP contribution in [0, 0.1) is 0 Å². The van der Waals surface area contributed by atoms with Gasteiger partial charge in [-0.05, 0) is 39.2 Å². The standard InChI is InChI=1S/C14H30N2O/c1-12(2)15-9-5-6-13(3)16-10-7-14(17-4)8-11-16/h12-15H,5-11H2,1-4H3. The van der Waals surface area contributed by atoms with Gasteiger partial charge in [0.05, 0.1) is 6.10 Å². The van der Waals surface area contributed by atoms with Crippen molar-refractivity contribution in [3.05, 3.63) is 0 Å². The molecule has 1 aliphatic rings. The van der Waals surface area contributed by atoms with Crippen LogP contribution >= 0.6 is 0 Å². The van der Waals surface area contributed by atoms with Crippen molar-refractivity contribution < 1.29 is 4.74 Å². The summed E-state index contributed by atoms with van der Waals surface area (Å²) in [5, 5.41) is 3.48. The van der Waals surface area contributed by atoms with Crippen molar-refractivity contribution in [3.63, 3.8) is 0 Å². The molecule has 0 spiro atoms. The van der Waals surface area contributed by atoms with Crippen LogP contribution < -0.4 is 5.32 Å². The molecule has 1 rings (SSSR count). The minimum atomic E-state index is 0.501. The van der Waals surface area contributed by atoms with E-state index in [1.807, 2.05) is 7.11 Å². The summed E-state index contributed by atoms with van der Waals surface area (Å²) in [6.07, 6.45) is 5.48. The first-order valence-corrected chi connectivity index (χ1v) is 7.13. The van der Waals surface area contributed by atoms with Crippen molar-refractivity contribution in [2.75, 3.05) is 26.7 Å². The van der Waals surface area contributed by atoms with E-state index >= 15 is 0 Å². The Bertz CT molecular complexity index is 189. The second-order valence-corrected chi connectivity index (χ2v) is 5.57. The van der Waals surface area contributed by atoms with E-state index in [2.05, 4.69) is 31.0 Å². The van der Waals surface area contributed by atoms with Crippen LogP contribution in [0.2, 0.25) is 0 Å². The van der Waals surface area contributed by atoms with E-state index in [1.54, 1.807) is 0 Å². The first kappa shape index (κ1) is 14.9. The number of ether oxygens (including phenoxy) is 1. The average molecular weight is 242 g/mol. The highest BCUT2D eigenvalue weighted by molar-refractivity contribution is 4.76. The van der Waals surface area contributed by atoms with Gasteiger partial charge in [-0.1, -0.05) is 13.8 Å². The van der Waals surface area contributed by atoms with E-state index in [4.69, 9.17) is 4.74 Å². The molecule has 0 aromatic rings. The monoisotopic (exact) mass is 242 g/mol. The maximum Gasteiger partial charge on any atom is 0.0595 e. The molecule has 102 valence electrons. The Kier molecular flexibility index (Phi) is 7.09. The van der Waals surface area contributed by atoms with Gasteiger partial charge in [0.15, 0.2) is 0 Å². The normalized spacial score (nSPS) is 21.0. The van der Waals surface area contributed by atoms with Crippen LogP contribution in [-0.2, 0) is 4.74 Å². The van der Waals surface area contributed by atoms with Crippen LogP contribution in [0.4, 0.5) is 0 Å². The number of nitrogens with one attached hydrogen (secondary N) is 1. The zero-order chi connectivity index (χ0) is 12.7. The molecule has 0 amide bonds. The molecule has 0 bridgehead atoms. The predicted octanol–water partition coefficient (Wildman–Crippen LogP) is 2.26. The first-order valence-electron chi connectivity index (χ1n) is 7.13. The lowest BCUT2D eigenvalue weighted by atomic mass is 10.0. The molecule has 0 aromatic carbocycles. The lowest BCUT2D eigenvalue weighted by Gasteiger charge is -2.35. The molecule has 1 fully saturated rings. The van der Waals surface area contributed by atoms with E-state index in [0.717, 1.165) is 12.6 Å². The van der Waals surface area contributed by atoms with E-state index in [-0.39, 0.29) is 0 Å². The Morgan fingerprint density at radius 3 is 2.41 bits per heavy atom. The number of likely N-dealkylation sites (tertiary alicyclic amines) is 1. The fraction of sp³-hybridized carbons (Fsp3) is 1.00. The predicted molar refractivity (Wildman–Crippen MR) is 73.4 cm³/mol. The zero-order valence-electron chi connectivity index (χ0n) is 12.0. The molecule has 1 atom stereocenters. The van der Waals surface area contributed by atoms with Crippen molar-refractivity contribution >= 4 is 0 Å². The SMILES string of the molecule is COC1CCN(C(C)CCCNC(C)C)CC1. The summed E-state index contributed by atoms with van der Waals surface area (Å²) < 4.78 is 5.41. The summed E-state index contributed by atoms with van der Waals surface area (Å²) >= 11 is 0. The van der Waals surface area contributed by atoms with Crippen LogP contribution in [-0.4, -0.2) is 49.8 Å². The highest BCUT2D eigenvalue weighted by Gasteiger charge is 2.21. The Morgan fingerprint density at radius 2 is 1.88 bits per heavy atom. The Hall–Kier alpha value is -0.120. The minimum Gasteiger partial charge on any atom is -0.381 e. The van der Waals surface area contributed by atoms with E-state index < -0.39 is 0 Å². The number of hydrogen-bond acceptors (Lipinski definition) is 3. The second-order valence-electron chi connectivity index (χ2n) is 5.57. The van der Waals surface area contributed by atoms with Crippen LogP contribution in [0.15, 0.2) is 0 Å². The van der Waals surface area contributed by atoms with Crippen molar-refractivity contribution in [2.45, 2.75) is 64.6 Å². The molecule has 0 aromatic heterocycles. The smallest absolute Gasteiger partial charge is 0.0595 e. The van der Waals surface area contributed by atoms with Gasteiger partial charge in [-0.3, -0.25) is 0 Å². The third kappa shape index (κ3) is 5.84. The Labute approximate surface area is 107 Å². The molecule has 1 N–H and O–H groups in total. The summed E-state index contributed by atoms with van der Waals surface area (Å²) in [6.45, 7) is 10.3. The first-order chi connectivity index (χ1) is 8.13. The van der Waals surface area contributed by atoms with Crippen LogP contribution in [0.25, 0.3) is 0 Å². The van der Waals surface area contributed by atoms with Gasteiger partial charge < -0.3 is 15.0 Å². The number of hydrogen-bond donors (Lipinski definition) is 1. The molecular weight excluding hydrogens is 212 g/mol. The molecular formula is C14H30N2O. The van der Waals surface area contributed by atoms with E-state index in [9.17, 15) is 0 Å². The molecule has 1 saturated heterocycles. The quantitative estimate of drug-likeness (QED) is 0.693. The zero-order valence-corrected chi connectivity index (χ0v) is 12.0. The number of rotatable bonds is 7. The summed E-state index contributed by atoms with van der Waals surface area (Å²) in [7, 11) is 1.83. The summed E-state index contributed by atoms with van der Waals surface area (Å²) in [6, 6.07) is 1.34. The summed E-state index contributed by atoms with van der Waals surface area (Å²) in [5.41, 5.74) is 0. The van der Waals surface area contributed by atoms with Gasteiger partial charge in [0.2, 0.25) is 0 Å². The van der Waals surface area contributed by atoms with Gasteiger partial charge in [0.1, 0.15) is 0 Å². The molecule has 1 heterocycles. The van der Waals surface area contributed by atoms with Crippen molar-refractivity contribution in [1.29, 1.82) is 0 Å². The van der Waals surface area contributed by atoms with Gasteiger partial charge >= 0.3 is 0 Å². The topological polar surface area (TPSA) is 24.5 Å². The lowest BCUT2D eigenvalue weighted by molar-refractivity contribution is 0.0283. The largest absolute Gasteiger partial charge is 0.381 e. The van der Waals surface area contributed by atoms with Gasteiger partial charge in [-0.25, -0.2) is 0 Å². The highest BCUT2D eigenvalue weighted by Crippen LogP contribution is 2.17. The van der Waals surface area contributed by atoms with Crippen molar-refractivity contribution in [1.82, 2.24) is 10.2 Å². The average Bonchev–Trinajstić information content (AvgIpc) is 2.34. The minimum absolute atomic E-state index is 0.501. The van der Waals surface area contributed by atoms with Gasteiger partial charge in [0, 0.05) is 32.3 Å². The maximum absolute atomic E-state index is 5.41. The van der Waals surface area contributed by atoms with Crippen molar-refractivity contribution in [3.8, 4) is 0 Å². The van der Waals surface area contributed by atoms with Crippen LogP contribution in [0.3, 0.4) is 0 Å². The lowest BCUT2D eigenvalue weighted by Crippen LogP contribution is -2.42. The molecule has 3 heteroatoms. The molecule has 3 nitrogen and oxygen atoms in total. The third-order valence-corrected chi connectivity index (χ3v) is 3.78. The Morgan fingerprint density at radius 1 is 1.24 bits per heavy atom. The molecule has 0 radical (unpaired) electrons. The third-order valence-electron chi connectivity index (χ3n) is 3.78. The van der Waals surface area contributed by atoms with Crippen molar-refractivity contribution in [2.24, 2.45) is 0 Å². The van der Waals surface area contributed by atoms with Gasteiger partial charge in [-0.15, -0.1) is 0 Å². The number of nitrogens with zero attached hydrogens (tertiary/aromatic N) is 1. The summed E-state index contributed by atoms with van der Waals surface area (Å²) in [4.78, 5) is 2.62. The van der Waals surface area contributed by atoms with Crippen LogP contribution in [0.1, 0.15) is 46.5 Å². The molecule has 0 saturated carbocycles. The number of piperidine rings is 1. The molecule has 17 heavy (non-hydrogen) atoms. The summed E-state index contributed by atoms with van der Waals surface area (Å²) in [5.74, 6) is 0. The highest BCUT2D eigenvalue weighted by atomic mass is 16.5. The van der Waals surface area contributed by atoms with E-state index in [1.165, 1.54) is 38.8 Å². The molecule has 1 unspecified atom stereocenters. The second kappa shape index (κ2) is 8.06. The van der Waals surface area contributed by atoms with Crippen LogP contribution in [0.5, 0.6) is 0 Å². The Balaban J connectivity index is 2.09. The van der Waals surface area contributed by atoms with E-state index in [0.29, 0.717) is 12.1 Å². The maximum atomic E-state index is 5.41. The number of methoxy groups -OCH3 is 1.